The molecule has 7 nitrogen and oxygen atoms in total. The number of hydrogen-bond donors (Lipinski definition) is 2. The van der Waals surface area contributed by atoms with E-state index in [0.29, 0.717) is 45.1 Å². The van der Waals surface area contributed by atoms with Gasteiger partial charge in [0.15, 0.2) is 0 Å². The fraction of sp³-hybridized carbons (Fsp3) is 0.833. The van der Waals surface area contributed by atoms with Gasteiger partial charge in [0.2, 0.25) is 17.7 Å². The summed E-state index contributed by atoms with van der Waals surface area (Å²) in [4.78, 5) is 39.8. The summed E-state index contributed by atoms with van der Waals surface area (Å²) in [6.07, 6.45) is 3.31. The predicted molar refractivity (Wildman–Crippen MR) is 95.9 cm³/mol. The van der Waals surface area contributed by atoms with Crippen LogP contribution in [-0.2, 0) is 14.4 Å². The van der Waals surface area contributed by atoms with Crippen LogP contribution < -0.4 is 10.6 Å². The van der Waals surface area contributed by atoms with Crippen LogP contribution >= 0.6 is 0 Å². The fourth-order valence-corrected chi connectivity index (χ4v) is 2.72. The van der Waals surface area contributed by atoms with Crippen LogP contribution in [0.3, 0.4) is 0 Å². The van der Waals surface area contributed by atoms with Crippen LogP contribution in [0.1, 0.15) is 46.5 Å². The molecular formula is C18H32N4O3. The maximum atomic E-state index is 12.2. The summed E-state index contributed by atoms with van der Waals surface area (Å²) in [7, 11) is 0. The molecule has 0 aromatic heterocycles. The van der Waals surface area contributed by atoms with Gasteiger partial charge in [0, 0.05) is 50.6 Å². The molecule has 0 aromatic rings. The number of carbonyl (C=O) groups excluding carboxylic acids is 3. The lowest BCUT2D eigenvalue weighted by molar-refractivity contribution is -0.134. The van der Waals surface area contributed by atoms with Crippen LogP contribution in [-0.4, -0.2) is 72.8 Å². The Hall–Kier alpha value is -1.63. The maximum Gasteiger partial charge on any atom is 0.234 e. The van der Waals surface area contributed by atoms with Gasteiger partial charge in [-0.25, -0.2) is 0 Å². The first kappa shape index (κ1) is 19.7. The second-order valence-corrected chi connectivity index (χ2v) is 8.11. The molecule has 1 saturated heterocycles. The molecular weight excluding hydrogens is 320 g/mol. The third-order valence-corrected chi connectivity index (χ3v) is 4.57. The molecule has 2 N–H and O–H groups in total. The van der Waals surface area contributed by atoms with Crippen LogP contribution in [0.5, 0.6) is 0 Å². The minimum absolute atomic E-state index is 0.0121. The van der Waals surface area contributed by atoms with Crippen molar-refractivity contribution in [3.05, 3.63) is 0 Å². The molecule has 1 saturated carbocycles. The molecule has 0 atom stereocenters. The molecule has 1 heterocycles. The monoisotopic (exact) mass is 352 g/mol. The Labute approximate surface area is 150 Å². The van der Waals surface area contributed by atoms with E-state index in [-0.39, 0.29) is 17.7 Å². The van der Waals surface area contributed by atoms with Crippen LogP contribution in [0, 0.1) is 5.41 Å². The number of nitrogens with zero attached hydrogens (tertiary/aromatic N) is 2. The molecule has 7 heteroatoms. The van der Waals surface area contributed by atoms with Crippen LogP contribution in [0.4, 0.5) is 0 Å². The van der Waals surface area contributed by atoms with Gasteiger partial charge in [-0.15, -0.1) is 0 Å². The van der Waals surface area contributed by atoms with E-state index in [2.05, 4.69) is 15.5 Å². The molecule has 142 valence electrons. The Bertz CT molecular complexity index is 489. The second-order valence-electron chi connectivity index (χ2n) is 8.11. The zero-order chi connectivity index (χ0) is 18.4. The highest BCUT2D eigenvalue weighted by Crippen LogP contribution is 2.18. The van der Waals surface area contributed by atoms with Crippen LogP contribution in [0.15, 0.2) is 0 Å². The molecule has 2 aliphatic rings. The van der Waals surface area contributed by atoms with Gasteiger partial charge < -0.3 is 15.5 Å². The van der Waals surface area contributed by atoms with Gasteiger partial charge >= 0.3 is 0 Å². The summed E-state index contributed by atoms with van der Waals surface area (Å²) in [5.74, 6) is 0.238. The highest BCUT2D eigenvalue weighted by molar-refractivity contribution is 5.81. The summed E-state index contributed by atoms with van der Waals surface area (Å²) in [6.45, 7) is 9.40. The Morgan fingerprint density at radius 1 is 1.04 bits per heavy atom. The average Bonchev–Trinajstić information content (AvgIpc) is 3.34. The van der Waals surface area contributed by atoms with Crippen molar-refractivity contribution in [2.24, 2.45) is 5.41 Å². The van der Waals surface area contributed by atoms with E-state index in [1.165, 1.54) is 0 Å². The van der Waals surface area contributed by atoms with E-state index >= 15 is 0 Å². The van der Waals surface area contributed by atoms with Crippen molar-refractivity contribution in [1.29, 1.82) is 0 Å². The highest BCUT2D eigenvalue weighted by atomic mass is 16.2. The van der Waals surface area contributed by atoms with Crippen LogP contribution in [0.2, 0.25) is 0 Å². The summed E-state index contributed by atoms with van der Waals surface area (Å²) in [5, 5.41) is 5.86. The van der Waals surface area contributed by atoms with E-state index in [0.717, 1.165) is 25.9 Å². The van der Waals surface area contributed by atoms with Crippen molar-refractivity contribution < 1.29 is 14.4 Å². The number of hydrogen-bond acceptors (Lipinski definition) is 4. The quantitative estimate of drug-likeness (QED) is 0.648. The highest BCUT2D eigenvalue weighted by Gasteiger charge is 2.26. The Morgan fingerprint density at radius 2 is 1.68 bits per heavy atom. The standard InChI is InChI=1S/C18H32N4O3/c1-18(2,3)17(25)19-8-4-5-16(24)22-11-9-21(10-12-22)13-15(23)20-14-6-7-14/h14H,4-13H2,1-3H3,(H,19,25)(H,20,23). The van der Waals surface area contributed by atoms with Crippen molar-refractivity contribution in [1.82, 2.24) is 20.4 Å². The lowest BCUT2D eigenvalue weighted by atomic mass is 9.96. The number of carbonyl (C=O) groups is 3. The summed E-state index contributed by atoms with van der Waals surface area (Å²) < 4.78 is 0. The second kappa shape index (κ2) is 8.65. The lowest BCUT2D eigenvalue weighted by Crippen LogP contribution is -2.51. The largest absolute Gasteiger partial charge is 0.356 e. The molecule has 2 fully saturated rings. The molecule has 1 aliphatic heterocycles. The van der Waals surface area contributed by atoms with Gasteiger partial charge in [0.25, 0.3) is 0 Å². The van der Waals surface area contributed by atoms with Crippen molar-refractivity contribution >= 4 is 17.7 Å². The molecule has 0 unspecified atom stereocenters. The van der Waals surface area contributed by atoms with Gasteiger partial charge in [-0.2, -0.15) is 0 Å². The maximum absolute atomic E-state index is 12.2. The fourth-order valence-electron chi connectivity index (χ4n) is 2.72. The van der Waals surface area contributed by atoms with Crippen molar-refractivity contribution in [2.45, 2.75) is 52.5 Å². The Kier molecular flexibility index (Phi) is 6.81. The summed E-state index contributed by atoms with van der Waals surface area (Å²) in [6, 6.07) is 0.397. The molecule has 0 spiro atoms. The minimum atomic E-state index is -0.397. The zero-order valence-corrected chi connectivity index (χ0v) is 15.8. The van der Waals surface area contributed by atoms with E-state index in [1.54, 1.807) is 0 Å². The first-order valence-electron chi connectivity index (χ1n) is 9.33. The van der Waals surface area contributed by atoms with Gasteiger partial charge in [-0.05, 0) is 19.3 Å². The third kappa shape index (κ3) is 7.02. The molecule has 1 aliphatic carbocycles. The van der Waals surface area contributed by atoms with Gasteiger partial charge in [0.1, 0.15) is 0 Å². The number of nitrogens with one attached hydrogen (secondary N) is 2. The summed E-state index contributed by atoms with van der Waals surface area (Å²) in [5.41, 5.74) is -0.397. The molecule has 3 amide bonds. The number of piperazine rings is 1. The van der Waals surface area contributed by atoms with Gasteiger partial charge in [-0.1, -0.05) is 20.8 Å². The van der Waals surface area contributed by atoms with E-state index in [1.807, 2.05) is 25.7 Å². The average molecular weight is 352 g/mol. The molecule has 0 radical (unpaired) electrons. The van der Waals surface area contributed by atoms with E-state index in [9.17, 15) is 14.4 Å². The SMILES string of the molecule is CC(C)(C)C(=O)NCCCC(=O)N1CCN(CC(=O)NC2CC2)CC1. The molecule has 2 rings (SSSR count). The third-order valence-electron chi connectivity index (χ3n) is 4.57. The van der Waals surface area contributed by atoms with Gasteiger partial charge in [-0.3, -0.25) is 19.3 Å². The molecule has 0 aromatic carbocycles. The van der Waals surface area contributed by atoms with Crippen molar-refractivity contribution in [3.63, 3.8) is 0 Å². The predicted octanol–water partition coefficient (Wildman–Crippen LogP) is 0.352. The summed E-state index contributed by atoms with van der Waals surface area (Å²) >= 11 is 0. The number of rotatable bonds is 7. The lowest BCUT2D eigenvalue weighted by Gasteiger charge is -2.34. The van der Waals surface area contributed by atoms with Crippen molar-refractivity contribution in [3.8, 4) is 0 Å². The normalized spacial score (nSPS) is 18.8. The molecule has 25 heavy (non-hydrogen) atoms. The number of amides is 3. The van der Waals surface area contributed by atoms with Gasteiger partial charge in [0.05, 0.1) is 6.54 Å². The van der Waals surface area contributed by atoms with E-state index in [4.69, 9.17) is 0 Å². The minimum Gasteiger partial charge on any atom is -0.356 e. The topological polar surface area (TPSA) is 81.8 Å². The molecule has 0 bridgehead atoms. The smallest absolute Gasteiger partial charge is 0.234 e. The van der Waals surface area contributed by atoms with E-state index < -0.39 is 5.41 Å². The zero-order valence-electron chi connectivity index (χ0n) is 15.8. The first-order chi connectivity index (χ1) is 11.8. The van der Waals surface area contributed by atoms with Crippen molar-refractivity contribution in [2.75, 3.05) is 39.3 Å². The van der Waals surface area contributed by atoms with Crippen LogP contribution in [0.25, 0.3) is 0 Å². The first-order valence-corrected chi connectivity index (χ1v) is 9.33. The Morgan fingerprint density at radius 3 is 2.24 bits per heavy atom. The Balaban J connectivity index is 1.57.